The van der Waals surface area contributed by atoms with Gasteiger partial charge in [0.1, 0.15) is 0 Å². The van der Waals surface area contributed by atoms with Crippen LogP contribution in [0.25, 0.3) is 0 Å². The number of amides is 1. The number of carbonyl (C=O) groups is 2. The van der Waals surface area contributed by atoms with Crippen molar-refractivity contribution in [2.45, 2.75) is 31.3 Å². The molecule has 1 atom stereocenters. The van der Waals surface area contributed by atoms with E-state index >= 15 is 0 Å². The number of anilines is 1. The van der Waals surface area contributed by atoms with Crippen LogP contribution in [0.2, 0.25) is 0 Å². The van der Waals surface area contributed by atoms with E-state index in [1.165, 1.54) is 17.3 Å². The molecule has 1 heterocycles. The lowest BCUT2D eigenvalue weighted by Gasteiger charge is -2.21. The van der Waals surface area contributed by atoms with Gasteiger partial charge in [-0.3, -0.25) is 9.59 Å². The van der Waals surface area contributed by atoms with Gasteiger partial charge in [-0.25, -0.2) is 0 Å². The van der Waals surface area contributed by atoms with Crippen LogP contribution in [0.3, 0.4) is 0 Å². The molecule has 1 aliphatic heterocycles. The Bertz CT molecular complexity index is 773. The van der Waals surface area contributed by atoms with Crippen molar-refractivity contribution in [3.63, 3.8) is 0 Å². The van der Waals surface area contributed by atoms with Crippen LogP contribution in [-0.4, -0.2) is 30.3 Å². The monoisotopic (exact) mass is 355 g/mol. The summed E-state index contributed by atoms with van der Waals surface area (Å²) in [5.74, 6) is -0.352. The SMILES string of the molecule is Cc1ccc(SCC(=O)O[C@@H](C)C(=O)N2CCc3ccccc32)cc1. The van der Waals surface area contributed by atoms with Crippen molar-refractivity contribution in [2.24, 2.45) is 0 Å². The molecule has 4 nitrogen and oxygen atoms in total. The average Bonchev–Trinajstić information content (AvgIpc) is 3.04. The van der Waals surface area contributed by atoms with Crippen LogP contribution in [0.4, 0.5) is 5.69 Å². The fourth-order valence-corrected chi connectivity index (χ4v) is 3.53. The maximum atomic E-state index is 12.6. The standard InChI is InChI=1S/C20H21NO3S/c1-14-7-9-17(10-8-14)25-13-19(22)24-15(2)20(23)21-12-11-16-5-3-4-6-18(16)21/h3-10,15H,11-13H2,1-2H3/t15-/m0/s1. The van der Waals surface area contributed by atoms with Gasteiger partial charge in [0.15, 0.2) is 6.10 Å². The summed E-state index contributed by atoms with van der Waals surface area (Å²) in [7, 11) is 0. The quantitative estimate of drug-likeness (QED) is 0.607. The molecular weight excluding hydrogens is 334 g/mol. The molecule has 2 aromatic rings. The Kier molecular flexibility index (Phi) is 5.43. The molecule has 1 amide bonds. The van der Waals surface area contributed by atoms with E-state index in [9.17, 15) is 9.59 Å². The lowest BCUT2D eigenvalue weighted by molar-refractivity contribution is -0.151. The van der Waals surface area contributed by atoms with E-state index in [4.69, 9.17) is 4.74 Å². The summed E-state index contributed by atoms with van der Waals surface area (Å²) in [6, 6.07) is 15.8. The van der Waals surface area contributed by atoms with Crippen LogP contribution in [0.15, 0.2) is 53.4 Å². The Morgan fingerprint density at radius 2 is 1.88 bits per heavy atom. The summed E-state index contributed by atoms with van der Waals surface area (Å²) in [5, 5.41) is 0. The van der Waals surface area contributed by atoms with E-state index in [-0.39, 0.29) is 17.6 Å². The van der Waals surface area contributed by atoms with E-state index < -0.39 is 6.10 Å². The molecule has 0 bridgehead atoms. The lowest BCUT2D eigenvalue weighted by atomic mass is 10.2. The number of para-hydroxylation sites is 1. The number of rotatable bonds is 5. The zero-order valence-corrected chi connectivity index (χ0v) is 15.2. The van der Waals surface area contributed by atoms with Gasteiger partial charge in [0.05, 0.1) is 5.75 Å². The largest absolute Gasteiger partial charge is 0.452 e. The van der Waals surface area contributed by atoms with Gasteiger partial charge in [0, 0.05) is 17.1 Å². The molecule has 1 aliphatic rings. The van der Waals surface area contributed by atoms with Gasteiger partial charge in [-0.15, -0.1) is 11.8 Å². The molecule has 2 aromatic carbocycles. The molecule has 0 saturated heterocycles. The van der Waals surface area contributed by atoms with Gasteiger partial charge < -0.3 is 9.64 Å². The van der Waals surface area contributed by atoms with E-state index in [1.807, 2.05) is 55.5 Å². The number of nitrogens with zero attached hydrogens (tertiary/aromatic N) is 1. The number of hydrogen-bond donors (Lipinski definition) is 0. The molecule has 3 rings (SSSR count). The van der Waals surface area contributed by atoms with Crippen LogP contribution in [0, 0.1) is 6.92 Å². The maximum Gasteiger partial charge on any atom is 0.317 e. The number of aryl methyl sites for hydroxylation is 1. The second-order valence-electron chi connectivity index (χ2n) is 6.10. The van der Waals surface area contributed by atoms with Gasteiger partial charge >= 0.3 is 5.97 Å². The van der Waals surface area contributed by atoms with Crippen molar-refractivity contribution in [1.82, 2.24) is 0 Å². The highest BCUT2D eigenvalue weighted by atomic mass is 32.2. The minimum absolute atomic E-state index is 0.168. The van der Waals surface area contributed by atoms with Gasteiger partial charge in [0.2, 0.25) is 0 Å². The number of benzene rings is 2. The first kappa shape index (κ1) is 17.5. The first-order chi connectivity index (χ1) is 12.0. The molecule has 0 fully saturated rings. The van der Waals surface area contributed by atoms with Gasteiger partial charge in [-0.05, 0) is 44.0 Å². The zero-order valence-electron chi connectivity index (χ0n) is 14.4. The number of ether oxygens (including phenoxy) is 1. The third-order valence-corrected chi connectivity index (χ3v) is 5.17. The number of fused-ring (bicyclic) bond motifs is 1. The number of carbonyl (C=O) groups excluding carboxylic acids is 2. The van der Waals surface area contributed by atoms with Crippen molar-refractivity contribution in [2.75, 3.05) is 17.2 Å². The molecule has 0 spiro atoms. The minimum Gasteiger partial charge on any atom is -0.452 e. The van der Waals surface area contributed by atoms with Crippen molar-refractivity contribution >= 4 is 29.3 Å². The predicted octanol–water partition coefficient (Wildman–Crippen LogP) is 3.61. The predicted molar refractivity (Wildman–Crippen MR) is 100.0 cm³/mol. The van der Waals surface area contributed by atoms with Crippen molar-refractivity contribution in [3.05, 3.63) is 59.7 Å². The molecule has 25 heavy (non-hydrogen) atoms. The normalized spacial score (nSPS) is 14.1. The van der Waals surface area contributed by atoms with E-state index in [0.29, 0.717) is 6.54 Å². The average molecular weight is 355 g/mol. The lowest BCUT2D eigenvalue weighted by Crippen LogP contribution is -2.39. The summed E-state index contributed by atoms with van der Waals surface area (Å²) in [6.45, 7) is 4.29. The van der Waals surface area contributed by atoms with Crippen LogP contribution >= 0.6 is 11.8 Å². The van der Waals surface area contributed by atoms with Crippen LogP contribution < -0.4 is 4.90 Å². The topological polar surface area (TPSA) is 46.6 Å². The molecule has 5 heteroatoms. The second-order valence-corrected chi connectivity index (χ2v) is 7.15. The van der Waals surface area contributed by atoms with Crippen molar-refractivity contribution < 1.29 is 14.3 Å². The number of hydrogen-bond acceptors (Lipinski definition) is 4. The van der Waals surface area contributed by atoms with Crippen molar-refractivity contribution in [1.29, 1.82) is 0 Å². The molecule has 0 aliphatic carbocycles. The fourth-order valence-electron chi connectivity index (χ4n) is 2.84. The van der Waals surface area contributed by atoms with Crippen LogP contribution in [-0.2, 0) is 20.7 Å². The summed E-state index contributed by atoms with van der Waals surface area (Å²) in [5.41, 5.74) is 3.26. The summed E-state index contributed by atoms with van der Waals surface area (Å²) < 4.78 is 5.33. The summed E-state index contributed by atoms with van der Waals surface area (Å²) in [6.07, 6.45) is 0.0588. The maximum absolute atomic E-state index is 12.6. The molecule has 0 aromatic heterocycles. The molecular formula is C20H21NO3S. The Balaban J connectivity index is 1.53. The van der Waals surface area contributed by atoms with Crippen LogP contribution in [0.5, 0.6) is 0 Å². The summed E-state index contributed by atoms with van der Waals surface area (Å²) >= 11 is 1.41. The second kappa shape index (κ2) is 7.74. The number of esters is 1. The third-order valence-electron chi connectivity index (χ3n) is 4.19. The first-order valence-corrected chi connectivity index (χ1v) is 9.31. The Hall–Kier alpha value is -2.27. The number of thioether (sulfide) groups is 1. The van der Waals surface area contributed by atoms with E-state index in [1.54, 1.807) is 11.8 Å². The highest BCUT2D eigenvalue weighted by Gasteiger charge is 2.29. The molecule has 130 valence electrons. The van der Waals surface area contributed by atoms with Crippen molar-refractivity contribution in [3.8, 4) is 0 Å². The van der Waals surface area contributed by atoms with Crippen LogP contribution in [0.1, 0.15) is 18.1 Å². The fraction of sp³-hybridized carbons (Fsp3) is 0.300. The first-order valence-electron chi connectivity index (χ1n) is 8.33. The van der Waals surface area contributed by atoms with E-state index in [2.05, 4.69) is 0 Å². The smallest absolute Gasteiger partial charge is 0.317 e. The zero-order chi connectivity index (χ0) is 17.8. The van der Waals surface area contributed by atoms with Gasteiger partial charge in [-0.1, -0.05) is 35.9 Å². The molecule has 0 unspecified atom stereocenters. The highest BCUT2D eigenvalue weighted by molar-refractivity contribution is 8.00. The van der Waals surface area contributed by atoms with Gasteiger partial charge in [0.25, 0.3) is 5.91 Å². The van der Waals surface area contributed by atoms with Gasteiger partial charge in [-0.2, -0.15) is 0 Å². The summed E-state index contributed by atoms with van der Waals surface area (Å²) in [4.78, 5) is 27.4. The molecule has 0 N–H and O–H groups in total. The van der Waals surface area contributed by atoms with E-state index in [0.717, 1.165) is 22.6 Å². The third kappa shape index (κ3) is 4.23. The Morgan fingerprint density at radius 1 is 1.16 bits per heavy atom. The highest BCUT2D eigenvalue weighted by Crippen LogP contribution is 2.28. The minimum atomic E-state index is -0.780. The molecule has 0 radical (unpaired) electrons. The molecule has 0 saturated carbocycles. The Labute approximate surface area is 152 Å². The Morgan fingerprint density at radius 3 is 2.64 bits per heavy atom.